The van der Waals surface area contributed by atoms with Gasteiger partial charge in [0.15, 0.2) is 6.10 Å². The fraction of sp³-hybridized carbons (Fsp3) is 0.515. The Hall–Kier alpha value is -10.0. The van der Waals surface area contributed by atoms with Crippen molar-refractivity contribution in [3.8, 4) is 0 Å². The molecule has 27 heteroatoms. The van der Waals surface area contributed by atoms with Crippen molar-refractivity contribution in [2.24, 2.45) is 5.73 Å². The van der Waals surface area contributed by atoms with Gasteiger partial charge in [0.25, 0.3) is 5.91 Å². The molecule has 1 unspecified atom stereocenters. The first-order chi connectivity index (χ1) is 44.5. The van der Waals surface area contributed by atoms with Crippen LogP contribution in [0.25, 0.3) is 0 Å². The number of guanidine groups is 1. The number of rotatable bonds is 32. The molecule has 1 aliphatic rings. The summed E-state index contributed by atoms with van der Waals surface area (Å²) in [5, 5.41) is 23.4. The summed E-state index contributed by atoms with van der Waals surface area (Å²) in [6.45, 7) is 5.22. The number of carbonyl (C=O) groups is 10. The van der Waals surface area contributed by atoms with Gasteiger partial charge in [-0.3, -0.25) is 59.6 Å². The van der Waals surface area contributed by atoms with Gasteiger partial charge in [0.05, 0.1) is 48.8 Å². The highest BCUT2D eigenvalue weighted by atomic mass is 32.2. The maximum absolute atomic E-state index is 13.7. The second-order valence-electron chi connectivity index (χ2n) is 20.7. The largest absolute Gasteiger partial charge is 0.748 e. The van der Waals surface area contributed by atoms with Crippen LogP contribution in [-0.2, 0) is 74.0 Å². The number of hydrogen-bond donors (Lipinski definition) is 9. The molecule has 1 aromatic rings. The van der Waals surface area contributed by atoms with E-state index in [1.807, 2.05) is 0 Å². The molecule has 4 atom stereocenters. The number of esters is 3. The van der Waals surface area contributed by atoms with E-state index < -0.39 is 139 Å². The van der Waals surface area contributed by atoms with Crippen LogP contribution in [0.2, 0.25) is 0 Å². The van der Waals surface area contributed by atoms with Crippen molar-refractivity contribution in [1.29, 1.82) is 0 Å². The van der Waals surface area contributed by atoms with Crippen LogP contribution in [0.15, 0.2) is 111 Å². The Morgan fingerprint density at radius 1 is 0.731 bits per heavy atom. The molecular weight excluding hydrogens is 1220 g/mol. The smallest absolute Gasteiger partial charge is 0.339 e. The standard InChI is InChI=1S/C65H82N10O13.CH4O3S.15H2/c1-5-8-10-12-14-16-18-20-22-24-26-28-30-37-58(79)86-46-51(88-60(81)38-31-29-27-25-23-21-19-17-15-13-11-9-6-2)47-87-59(80)40-39-55(76)71-48-72-56(77)43-53-62(83)69-44-49-34-32-35-50(42-49)61(82)74-52(7-3)64(85)75(4)54(36-33-41-68-65(66)67)63(84)70-45-57(78)73-53;1-5(2,3)4;;;;;;;;;;;;;;;/h32,34-35,38,42,51-54H,2,5,7-8,10,12,14,16,18,20,22,24,26,28,30,33,36-37,39-41,43-48H2,1,3-4H3,(H,69,83)(H,70,84)(H,71,76)(H,72,77)(H,73,78)(H,74,82)(H4,66,67,68);1H3,(H,2,3,4);15*1H/t51?,52-,53+,54+;;;;;;;;;;;;;;;;/m1................/s1. The summed E-state index contributed by atoms with van der Waals surface area (Å²) < 4.78 is 43.3. The summed E-state index contributed by atoms with van der Waals surface area (Å²) in [5.41, 5.74) is 37.8. The fourth-order valence-corrected chi connectivity index (χ4v) is 8.26. The van der Waals surface area contributed by atoms with Crippen molar-refractivity contribution in [3.63, 3.8) is 0 Å². The fourth-order valence-electron chi connectivity index (χ4n) is 8.26. The average molecular weight is 1340 g/mol. The van der Waals surface area contributed by atoms with Crippen molar-refractivity contribution in [1.82, 2.24) is 42.1 Å². The minimum absolute atomic E-state index is 0. The van der Waals surface area contributed by atoms with Crippen LogP contribution >= 0.6 is 0 Å². The molecule has 532 valence electrons. The predicted octanol–water partition coefficient (Wildman–Crippen LogP) is 5.59. The highest BCUT2D eigenvalue weighted by molar-refractivity contribution is 7.84. The predicted molar refractivity (Wildman–Crippen MR) is 370 cm³/mol. The van der Waals surface area contributed by atoms with Crippen LogP contribution in [0.5, 0.6) is 0 Å². The van der Waals surface area contributed by atoms with E-state index in [1.54, 1.807) is 19.1 Å². The molecule has 1 heterocycles. The van der Waals surface area contributed by atoms with Gasteiger partial charge in [-0.1, -0.05) is 114 Å². The third-order valence-electron chi connectivity index (χ3n) is 13.0. The number of unbranched alkanes of at least 4 members (excludes halogenated alkanes) is 12. The Balaban J connectivity index is -0.000000321. The van der Waals surface area contributed by atoms with Gasteiger partial charge in [-0.2, -0.15) is 0 Å². The molecule has 11 N–H and O–H groups in total. The zero-order chi connectivity index (χ0) is 69.1. The van der Waals surface area contributed by atoms with E-state index >= 15 is 0 Å². The summed E-state index contributed by atoms with van der Waals surface area (Å²) >= 11 is 0. The number of nitrogens with one attached hydrogen (secondary N) is 7. The molecule has 0 spiro atoms. The van der Waals surface area contributed by atoms with Crippen LogP contribution in [0, 0.1) is 0 Å². The highest BCUT2D eigenvalue weighted by Crippen LogP contribution is 2.15. The molecule has 0 saturated heterocycles. The number of ether oxygens (including phenoxy) is 3. The van der Waals surface area contributed by atoms with Crippen molar-refractivity contribution < 1.29 is 102 Å². The molecule has 0 radical (unpaired) electrons. The van der Waals surface area contributed by atoms with Crippen LogP contribution in [0.4, 0.5) is 0 Å². The molecule has 2 bridgehead atoms. The first-order valence-electron chi connectivity index (χ1n) is 30.4. The highest BCUT2D eigenvalue weighted by Gasteiger charge is 2.33. The summed E-state index contributed by atoms with van der Waals surface area (Å²) in [4.78, 5) is 133. The number of carbonyl (C=O) groups excluding carboxylic acids is 10. The monoisotopic (exact) mass is 1340 g/mol. The van der Waals surface area contributed by atoms with Crippen LogP contribution in [-0.4, -0.2) is 154 Å². The van der Waals surface area contributed by atoms with Crippen molar-refractivity contribution in [2.45, 2.75) is 173 Å². The van der Waals surface area contributed by atoms with E-state index in [2.05, 4.69) is 125 Å². The quantitative estimate of drug-likeness (QED) is 0.00488. The van der Waals surface area contributed by atoms with Gasteiger partial charge in [-0.05, 0) is 113 Å². The van der Waals surface area contributed by atoms with Crippen molar-refractivity contribution in [3.05, 3.63) is 123 Å². The lowest BCUT2D eigenvalue weighted by Crippen LogP contribution is -2.56. The zero-order valence-electron chi connectivity index (χ0n) is 53.3. The third-order valence-corrected chi connectivity index (χ3v) is 13.0. The second kappa shape index (κ2) is 49.7. The first-order valence-corrected chi connectivity index (χ1v) is 32.2. The van der Waals surface area contributed by atoms with Gasteiger partial charge >= 0.3 is 23.9 Å². The number of benzene rings is 1. The minimum Gasteiger partial charge on any atom is -0.748 e. The van der Waals surface area contributed by atoms with Gasteiger partial charge in [0, 0.05) is 59.7 Å². The molecule has 0 fully saturated rings. The van der Waals surface area contributed by atoms with Crippen molar-refractivity contribution >= 4 is 75.3 Å². The van der Waals surface area contributed by atoms with Gasteiger partial charge in [-0.25, -0.2) is 13.2 Å². The SMILES string of the molecule is C=C=C=C=C=C=C=C=C=C=C=C=C=C=CC(=O)OC(COC(=O)CCCCCCCCCCCCCCC)COC(=O)CCC(=O)NCNC(=O)C[C@@H]1NC(=O)CNC(=O)[C@H](CCCNC(N)=[NH2+])N(C)C(=O)[C@@H](CC)NC(=O)c2cccc(c2)CNC1=O.CS(=O)(=O)[O-].[HH].[HH].[HH].[HH].[HH].[HH].[HH].[HH].[HH].[HH].[HH].[HH].[HH].[HH].[HH]. The first kappa shape index (κ1) is 81.0. The van der Waals surface area contributed by atoms with Crippen molar-refractivity contribution in [2.75, 3.05) is 46.3 Å². The topological polar surface area (TPSA) is 395 Å². The minimum atomic E-state index is -3.92. The third kappa shape index (κ3) is 43.4. The number of hydrogen-bond acceptors (Lipinski definition) is 16. The molecule has 0 saturated carbocycles. The van der Waals surface area contributed by atoms with Crippen LogP contribution in [0.3, 0.4) is 0 Å². The molecule has 26 nitrogen and oxygen atoms in total. The average Bonchev–Trinajstić information content (AvgIpc) is 0.841. The van der Waals surface area contributed by atoms with E-state index in [9.17, 15) is 47.9 Å². The van der Waals surface area contributed by atoms with E-state index in [4.69, 9.17) is 38.3 Å². The Morgan fingerprint density at radius 3 is 1.84 bits per heavy atom. The van der Waals surface area contributed by atoms with Crippen LogP contribution < -0.4 is 48.4 Å². The normalized spacial score (nSPS) is 14.7. The number of nitrogens with two attached hydrogens (primary N) is 2. The Morgan fingerprint density at radius 2 is 1.27 bits per heavy atom. The zero-order valence-corrected chi connectivity index (χ0v) is 54.1. The summed E-state index contributed by atoms with van der Waals surface area (Å²) in [7, 11) is -2.52. The number of likely N-dealkylation sites (N-methyl/N-ethyl adjacent to an activating group) is 1. The molecule has 7 amide bonds. The van der Waals surface area contributed by atoms with Gasteiger partial charge in [0.2, 0.25) is 35.4 Å². The molecular formula is C66H116N10O16S. The second-order valence-corrected chi connectivity index (χ2v) is 22.1. The van der Waals surface area contributed by atoms with Gasteiger partial charge in [0.1, 0.15) is 31.3 Å². The Labute approximate surface area is 565 Å². The number of amides is 7. The number of nitrogens with zero attached hydrogens (tertiary/aromatic N) is 1. The van der Waals surface area contributed by atoms with Gasteiger partial charge < -0.3 is 55.6 Å². The van der Waals surface area contributed by atoms with E-state index in [1.165, 1.54) is 75.4 Å². The maximum atomic E-state index is 13.7. The van der Waals surface area contributed by atoms with E-state index in [0.717, 1.165) is 31.8 Å². The molecule has 93 heavy (non-hydrogen) atoms. The molecule has 0 aliphatic carbocycles. The Bertz CT molecular complexity index is 3430. The Kier molecular flexibility index (Phi) is 43.3. The van der Waals surface area contributed by atoms with Gasteiger partial charge in [-0.15, -0.1) is 0 Å². The van der Waals surface area contributed by atoms with Crippen LogP contribution in [0.1, 0.15) is 180 Å². The van der Waals surface area contributed by atoms with E-state index in [0.29, 0.717) is 24.7 Å². The summed E-state index contributed by atoms with van der Waals surface area (Å²) in [5.74, 6) is -7.44. The summed E-state index contributed by atoms with van der Waals surface area (Å²) in [6, 6.07) is 2.55. The molecule has 2 rings (SSSR count). The summed E-state index contributed by atoms with van der Waals surface area (Å²) in [6.07, 6.45) is 14.2. The molecule has 0 aromatic heterocycles. The molecule has 1 aromatic carbocycles. The molecule has 1 aliphatic heterocycles. The lowest BCUT2D eigenvalue weighted by molar-refractivity contribution is -0.163. The number of fused-ring (bicyclic) bond motifs is 2. The lowest BCUT2D eigenvalue weighted by atomic mass is 10.0. The maximum Gasteiger partial charge on any atom is 0.339 e. The van der Waals surface area contributed by atoms with E-state index in [-0.39, 0.29) is 65.3 Å². The lowest BCUT2D eigenvalue weighted by Gasteiger charge is -2.30.